The highest BCUT2D eigenvalue weighted by molar-refractivity contribution is 6.00. The number of aromatic amines is 1. The van der Waals surface area contributed by atoms with E-state index in [9.17, 15) is 4.79 Å². The molecule has 4 nitrogen and oxygen atoms in total. The number of benzene rings is 2. The number of hydrogen-bond donors (Lipinski definition) is 3. The molecule has 3 aromatic rings. The van der Waals surface area contributed by atoms with Gasteiger partial charge in [0.2, 0.25) is 0 Å². The Balaban J connectivity index is 1.66. The number of para-hydroxylation sites is 1. The number of carbonyl (C=O) groups excluding carboxylic acids is 1. The Bertz CT molecular complexity index is 720. The van der Waals surface area contributed by atoms with E-state index in [-0.39, 0.29) is 6.03 Å². The van der Waals surface area contributed by atoms with Gasteiger partial charge in [0.15, 0.2) is 0 Å². The molecule has 0 unspecified atom stereocenters. The summed E-state index contributed by atoms with van der Waals surface area (Å²) in [5, 5.41) is 5.57. The molecule has 0 saturated carbocycles. The molecule has 0 bridgehead atoms. The normalized spacial score (nSPS) is 10.1. The lowest BCUT2D eigenvalue weighted by molar-refractivity contribution is 0.262. The smallest absolute Gasteiger partial charge is 0.323 e. The third-order valence-corrected chi connectivity index (χ3v) is 3.06. The van der Waals surface area contributed by atoms with Crippen molar-refractivity contribution in [3.63, 3.8) is 0 Å². The first-order chi connectivity index (χ1) is 10.3. The molecule has 1 heterocycles. The Morgan fingerprint density at radius 1 is 0.810 bits per heavy atom. The summed E-state index contributed by atoms with van der Waals surface area (Å²) >= 11 is 0. The van der Waals surface area contributed by atoms with Gasteiger partial charge in [0.05, 0.1) is 5.69 Å². The maximum atomic E-state index is 11.9. The number of H-pyrrole nitrogens is 1. The SMILES string of the molecule is O=C(Nc1ccccc1)Nc1c[nH]c(-c2ccccc2)c1. The summed E-state index contributed by atoms with van der Waals surface area (Å²) in [6.45, 7) is 0. The fourth-order valence-electron chi connectivity index (χ4n) is 2.07. The molecule has 21 heavy (non-hydrogen) atoms. The van der Waals surface area contributed by atoms with Gasteiger partial charge in [-0.2, -0.15) is 0 Å². The molecule has 0 aliphatic rings. The minimum Gasteiger partial charge on any atom is -0.359 e. The fraction of sp³-hybridized carbons (Fsp3) is 0. The molecule has 0 aliphatic heterocycles. The number of rotatable bonds is 3. The Kier molecular flexibility index (Phi) is 3.69. The fourth-order valence-corrected chi connectivity index (χ4v) is 2.07. The average molecular weight is 277 g/mol. The highest BCUT2D eigenvalue weighted by atomic mass is 16.2. The van der Waals surface area contributed by atoms with E-state index >= 15 is 0 Å². The highest BCUT2D eigenvalue weighted by Crippen LogP contribution is 2.21. The molecule has 4 heteroatoms. The molecule has 0 spiro atoms. The summed E-state index contributed by atoms with van der Waals surface area (Å²) in [6, 6.07) is 20.9. The van der Waals surface area contributed by atoms with E-state index in [1.165, 1.54) is 0 Å². The monoisotopic (exact) mass is 277 g/mol. The van der Waals surface area contributed by atoms with Gasteiger partial charge >= 0.3 is 6.03 Å². The average Bonchev–Trinajstić information content (AvgIpc) is 2.97. The van der Waals surface area contributed by atoms with E-state index in [1.807, 2.05) is 66.7 Å². The Morgan fingerprint density at radius 3 is 2.14 bits per heavy atom. The largest absolute Gasteiger partial charge is 0.359 e. The Labute approximate surface area is 122 Å². The van der Waals surface area contributed by atoms with E-state index in [1.54, 1.807) is 6.20 Å². The maximum absolute atomic E-state index is 11.9. The standard InChI is InChI=1S/C17H15N3O/c21-17(19-14-9-5-2-6-10-14)20-15-11-16(18-12-15)13-7-3-1-4-8-13/h1-12,18H,(H2,19,20,21). The van der Waals surface area contributed by atoms with Crippen molar-refractivity contribution in [2.24, 2.45) is 0 Å². The van der Waals surface area contributed by atoms with E-state index in [0.717, 1.165) is 22.6 Å². The first-order valence-electron chi connectivity index (χ1n) is 6.68. The Morgan fingerprint density at radius 2 is 1.43 bits per heavy atom. The highest BCUT2D eigenvalue weighted by Gasteiger charge is 2.05. The number of hydrogen-bond acceptors (Lipinski definition) is 1. The van der Waals surface area contributed by atoms with Crippen LogP contribution in [0.2, 0.25) is 0 Å². The van der Waals surface area contributed by atoms with Crippen LogP contribution >= 0.6 is 0 Å². The molecule has 2 aromatic carbocycles. The van der Waals surface area contributed by atoms with E-state index in [4.69, 9.17) is 0 Å². The van der Waals surface area contributed by atoms with Crippen molar-refractivity contribution in [1.82, 2.24) is 4.98 Å². The first-order valence-corrected chi connectivity index (χ1v) is 6.68. The lowest BCUT2D eigenvalue weighted by atomic mass is 10.2. The van der Waals surface area contributed by atoms with Crippen LogP contribution in [0.15, 0.2) is 72.9 Å². The minimum atomic E-state index is -0.264. The van der Waals surface area contributed by atoms with Gasteiger partial charge < -0.3 is 15.6 Å². The molecule has 0 aliphatic carbocycles. The van der Waals surface area contributed by atoms with Crippen molar-refractivity contribution in [2.45, 2.75) is 0 Å². The number of amides is 2. The van der Waals surface area contributed by atoms with Crippen LogP contribution < -0.4 is 10.6 Å². The van der Waals surface area contributed by atoms with Crippen LogP contribution in [0.5, 0.6) is 0 Å². The van der Waals surface area contributed by atoms with Gasteiger partial charge in [0.25, 0.3) is 0 Å². The number of anilines is 2. The van der Waals surface area contributed by atoms with Crippen molar-refractivity contribution < 1.29 is 4.79 Å². The predicted octanol–water partition coefficient (Wildman–Crippen LogP) is 4.33. The van der Waals surface area contributed by atoms with Gasteiger partial charge in [-0.15, -0.1) is 0 Å². The summed E-state index contributed by atoms with van der Waals surface area (Å²) in [5.41, 5.74) is 3.52. The molecule has 0 saturated heterocycles. The molecule has 1 aromatic heterocycles. The van der Waals surface area contributed by atoms with Gasteiger partial charge in [-0.25, -0.2) is 4.79 Å². The third-order valence-electron chi connectivity index (χ3n) is 3.06. The quantitative estimate of drug-likeness (QED) is 0.656. The molecule has 0 radical (unpaired) electrons. The van der Waals surface area contributed by atoms with Gasteiger partial charge in [-0.05, 0) is 23.8 Å². The lowest BCUT2D eigenvalue weighted by Crippen LogP contribution is -2.18. The second-order valence-electron chi connectivity index (χ2n) is 4.61. The summed E-state index contributed by atoms with van der Waals surface area (Å²) in [4.78, 5) is 15.0. The molecular formula is C17H15N3O. The van der Waals surface area contributed by atoms with Gasteiger partial charge in [-0.1, -0.05) is 48.5 Å². The molecule has 0 fully saturated rings. The zero-order chi connectivity index (χ0) is 14.5. The molecule has 2 amide bonds. The topological polar surface area (TPSA) is 56.9 Å². The van der Waals surface area contributed by atoms with Crippen molar-refractivity contribution in [3.8, 4) is 11.3 Å². The van der Waals surface area contributed by atoms with Crippen LogP contribution in [-0.2, 0) is 0 Å². The molecule has 0 atom stereocenters. The molecule has 3 N–H and O–H groups in total. The van der Waals surface area contributed by atoms with Crippen molar-refractivity contribution in [1.29, 1.82) is 0 Å². The molecule has 3 rings (SSSR count). The minimum absolute atomic E-state index is 0.264. The van der Waals surface area contributed by atoms with E-state index in [0.29, 0.717) is 0 Å². The van der Waals surface area contributed by atoms with Crippen LogP contribution in [0.25, 0.3) is 11.3 Å². The summed E-state index contributed by atoms with van der Waals surface area (Å²) in [5.74, 6) is 0. The first kappa shape index (κ1) is 13.0. The second kappa shape index (κ2) is 5.96. The lowest BCUT2D eigenvalue weighted by Gasteiger charge is -2.05. The van der Waals surface area contributed by atoms with Gasteiger partial charge in [-0.3, -0.25) is 0 Å². The van der Waals surface area contributed by atoms with Gasteiger partial charge in [0.1, 0.15) is 0 Å². The summed E-state index contributed by atoms with van der Waals surface area (Å²) < 4.78 is 0. The Hall–Kier alpha value is -3.01. The van der Waals surface area contributed by atoms with Crippen LogP contribution in [0, 0.1) is 0 Å². The van der Waals surface area contributed by atoms with Crippen LogP contribution in [0.4, 0.5) is 16.2 Å². The van der Waals surface area contributed by atoms with E-state index < -0.39 is 0 Å². The van der Waals surface area contributed by atoms with E-state index in [2.05, 4.69) is 15.6 Å². The van der Waals surface area contributed by atoms with Crippen molar-refractivity contribution in [2.75, 3.05) is 10.6 Å². The maximum Gasteiger partial charge on any atom is 0.323 e. The summed E-state index contributed by atoms with van der Waals surface area (Å²) in [6.07, 6.45) is 1.77. The second-order valence-corrected chi connectivity index (χ2v) is 4.61. The predicted molar refractivity (Wildman–Crippen MR) is 85.3 cm³/mol. The van der Waals surface area contributed by atoms with Crippen LogP contribution in [0.3, 0.4) is 0 Å². The molecule has 104 valence electrons. The van der Waals surface area contributed by atoms with Crippen LogP contribution in [-0.4, -0.2) is 11.0 Å². The van der Waals surface area contributed by atoms with Crippen molar-refractivity contribution in [3.05, 3.63) is 72.9 Å². The van der Waals surface area contributed by atoms with Crippen LogP contribution in [0.1, 0.15) is 0 Å². The van der Waals surface area contributed by atoms with Crippen molar-refractivity contribution >= 4 is 17.4 Å². The third kappa shape index (κ3) is 3.30. The number of aromatic nitrogens is 1. The zero-order valence-electron chi connectivity index (χ0n) is 11.3. The zero-order valence-corrected chi connectivity index (χ0v) is 11.3. The molecular weight excluding hydrogens is 262 g/mol. The number of urea groups is 1. The summed E-state index contributed by atoms with van der Waals surface area (Å²) in [7, 11) is 0. The number of nitrogens with one attached hydrogen (secondary N) is 3. The number of carbonyl (C=O) groups is 1. The van der Waals surface area contributed by atoms with Gasteiger partial charge in [0, 0.05) is 17.6 Å².